The molecule has 0 saturated carbocycles. The summed E-state index contributed by atoms with van der Waals surface area (Å²) >= 11 is 1.06. The van der Waals surface area contributed by atoms with Crippen LogP contribution in [0.15, 0.2) is 36.4 Å². The minimum absolute atomic E-state index is 0.530. The normalized spacial score (nSPS) is 12.0. The zero-order chi connectivity index (χ0) is 19.4. The number of rotatable bonds is 7. The molecule has 2 aromatic rings. The summed E-state index contributed by atoms with van der Waals surface area (Å²) < 4.78 is 3.36. The Hall–Kier alpha value is -0.521. The van der Waals surface area contributed by atoms with Crippen molar-refractivity contribution >= 4 is 35.2 Å². The predicted octanol–water partition coefficient (Wildman–Crippen LogP) is 5.45. The van der Waals surface area contributed by atoms with Gasteiger partial charge in [0.1, 0.15) is 0 Å². The Labute approximate surface area is 172 Å². The SMILES string of the molecule is CC(C)c1cccc(C(C)C)c1[Se][Se]c1c(C(C)C)cccc1C(C)C. The van der Waals surface area contributed by atoms with Crippen LogP contribution in [-0.2, 0) is 0 Å². The molecule has 2 rings (SSSR count). The van der Waals surface area contributed by atoms with Crippen LogP contribution in [0.3, 0.4) is 0 Å². The van der Waals surface area contributed by atoms with Crippen molar-refractivity contribution in [3.8, 4) is 0 Å². The van der Waals surface area contributed by atoms with Gasteiger partial charge in [-0.05, 0) is 0 Å². The Morgan fingerprint density at radius 3 is 0.885 bits per heavy atom. The molecule has 26 heavy (non-hydrogen) atoms. The van der Waals surface area contributed by atoms with Gasteiger partial charge < -0.3 is 0 Å². The fraction of sp³-hybridized carbons (Fsp3) is 0.500. The quantitative estimate of drug-likeness (QED) is 0.462. The number of hydrogen-bond donors (Lipinski definition) is 0. The Balaban J connectivity index is 2.47. The molecule has 0 heterocycles. The van der Waals surface area contributed by atoms with Gasteiger partial charge in [0.25, 0.3) is 0 Å². The Bertz CT molecular complexity index is 611. The summed E-state index contributed by atoms with van der Waals surface area (Å²) in [4.78, 5) is 0. The average molecular weight is 480 g/mol. The van der Waals surface area contributed by atoms with Gasteiger partial charge in [-0.25, -0.2) is 0 Å². The average Bonchev–Trinajstić information content (AvgIpc) is 2.58. The van der Waals surface area contributed by atoms with E-state index in [0.717, 1.165) is 0 Å². The Morgan fingerprint density at radius 2 is 0.692 bits per heavy atom. The fourth-order valence-electron chi connectivity index (χ4n) is 3.24. The standard InChI is InChI=1S/C24H34Se2/c1-15(2)19-11-9-12-20(16(3)4)23(19)25-26-24-21(17(5)6)13-10-14-22(24)18(7)8/h9-18H,1-8H3. The summed E-state index contributed by atoms with van der Waals surface area (Å²) in [5.74, 6) is 2.41. The molecule has 2 aromatic carbocycles. The van der Waals surface area contributed by atoms with Gasteiger partial charge in [-0.1, -0.05) is 0 Å². The second-order valence-electron chi connectivity index (χ2n) is 8.32. The molecule has 0 unspecified atom stereocenters. The summed E-state index contributed by atoms with van der Waals surface area (Å²) in [6, 6.07) is 14.0. The van der Waals surface area contributed by atoms with Gasteiger partial charge in [0, 0.05) is 0 Å². The minimum atomic E-state index is 0.530. The molecule has 0 spiro atoms. The Kier molecular flexibility index (Phi) is 8.05. The monoisotopic (exact) mass is 482 g/mol. The second kappa shape index (κ2) is 9.61. The summed E-state index contributed by atoms with van der Waals surface area (Å²) in [6.45, 7) is 18.7. The van der Waals surface area contributed by atoms with E-state index in [1.807, 2.05) is 0 Å². The first-order valence-corrected chi connectivity index (χ1v) is 15.9. The first kappa shape index (κ1) is 21.8. The van der Waals surface area contributed by atoms with Crippen molar-refractivity contribution in [2.24, 2.45) is 0 Å². The van der Waals surface area contributed by atoms with Crippen molar-refractivity contribution in [3.05, 3.63) is 58.7 Å². The number of hydrogen-bond acceptors (Lipinski definition) is 0. The van der Waals surface area contributed by atoms with Crippen molar-refractivity contribution in [1.29, 1.82) is 0 Å². The molecular formula is C24H34Se2. The van der Waals surface area contributed by atoms with E-state index in [4.69, 9.17) is 0 Å². The third-order valence-electron chi connectivity index (χ3n) is 4.85. The molecule has 0 fully saturated rings. The summed E-state index contributed by atoms with van der Waals surface area (Å²) in [6.07, 6.45) is 0. The van der Waals surface area contributed by atoms with E-state index < -0.39 is 0 Å². The van der Waals surface area contributed by atoms with E-state index >= 15 is 0 Å². The molecule has 2 heteroatoms. The van der Waals surface area contributed by atoms with Crippen LogP contribution >= 0.6 is 0 Å². The van der Waals surface area contributed by atoms with Crippen molar-refractivity contribution in [2.45, 2.75) is 79.1 Å². The van der Waals surface area contributed by atoms with Crippen LogP contribution < -0.4 is 8.92 Å². The van der Waals surface area contributed by atoms with Crippen LogP contribution in [0.25, 0.3) is 0 Å². The third kappa shape index (κ3) is 5.05. The van der Waals surface area contributed by atoms with E-state index in [2.05, 4.69) is 91.8 Å². The van der Waals surface area contributed by atoms with Crippen LogP contribution in [0, 0.1) is 0 Å². The van der Waals surface area contributed by atoms with E-state index in [0.29, 0.717) is 49.9 Å². The second-order valence-corrected chi connectivity index (χ2v) is 14.4. The van der Waals surface area contributed by atoms with Crippen molar-refractivity contribution in [1.82, 2.24) is 0 Å². The third-order valence-corrected chi connectivity index (χ3v) is 12.2. The molecular weight excluding hydrogens is 446 g/mol. The molecule has 0 aliphatic carbocycles. The van der Waals surface area contributed by atoms with Gasteiger partial charge in [-0.2, -0.15) is 0 Å². The molecule has 0 amide bonds. The van der Waals surface area contributed by atoms with Crippen LogP contribution in [0.4, 0.5) is 0 Å². The molecule has 0 aromatic heterocycles. The molecule has 0 nitrogen and oxygen atoms in total. The molecule has 0 aliphatic rings. The Morgan fingerprint density at radius 1 is 0.462 bits per heavy atom. The van der Waals surface area contributed by atoms with Crippen LogP contribution in [0.1, 0.15) is 101 Å². The van der Waals surface area contributed by atoms with Gasteiger partial charge in [-0.15, -0.1) is 0 Å². The predicted molar refractivity (Wildman–Crippen MR) is 120 cm³/mol. The van der Waals surface area contributed by atoms with Gasteiger partial charge >= 0.3 is 173 Å². The van der Waals surface area contributed by atoms with E-state index in [9.17, 15) is 0 Å². The summed E-state index contributed by atoms with van der Waals surface area (Å²) in [7, 11) is 0. The van der Waals surface area contributed by atoms with Gasteiger partial charge in [0.15, 0.2) is 0 Å². The van der Waals surface area contributed by atoms with Crippen molar-refractivity contribution in [3.63, 3.8) is 0 Å². The van der Waals surface area contributed by atoms with E-state index in [-0.39, 0.29) is 0 Å². The molecule has 0 saturated heterocycles. The maximum absolute atomic E-state index is 2.36. The molecule has 0 radical (unpaired) electrons. The molecule has 0 aliphatic heterocycles. The first-order valence-electron chi connectivity index (χ1n) is 9.84. The van der Waals surface area contributed by atoms with Crippen LogP contribution in [0.2, 0.25) is 0 Å². The van der Waals surface area contributed by atoms with Gasteiger partial charge in [-0.3, -0.25) is 0 Å². The summed E-state index contributed by atoms with van der Waals surface area (Å²) in [5.41, 5.74) is 6.30. The number of benzene rings is 2. The summed E-state index contributed by atoms with van der Waals surface area (Å²) in [5, 5.41) is 0. The molecule has 0 atom stereocenters. The van der Waals surface area contributed by atoms with Gasteiger partial charge in [0.05, 0.1) is 0 Å². The molecule has 0 N–H and O–H groups in total. The molecule has 142 valence electrons. The van der Waals surface area contributed by atoms with Crippen molar-refractivity contribution in [2.75, 3.05) is 0 Å². The fourth-order valence-corrected chi connectivity index (χ4v) is 13.0. The maximum atomic E-state index is 2.36. The van der Waals surface area contributed by atoms with E-state index in [1.165, 1.54) is 0 Å². The first-order chi connectivity index (χ1) is 12.2. The zero-order valence-electron chi connectivity index (χ0n) is 17.6. The van der Waals surface area contributed by atoms with Crippen molar-refractivity contribution < 1.29 is 0 Å². The molecule has 0 bridgehead atoms. The zero-order valence-corrected chi connectivity index (χ0v) is 21.0. The van der Waals surface area contributed by atoms with Crippen LogP contribution in [0.5, 0.6) is 0 Å². The van der Waals surface area contributed by atoms with E-state index in [1.54, 1.807) is 31.2 Å². The van der Waals surface area contributed by atoms with Crippen LogP contribution in [-0.4, -0.2) is 26.3 Å². The van der Waals surface area contributed by atoms with Gasteiger partial charge in [0.2, 0.25) is 0 Å². The topological polar surface area (TPSA) is 0 Å².